The Labute approximate surface area is 144 Å². The highest BCUT2D eigenvalue weighted by molar-refractivity contribution is 6.11. The predicted octanol–water partition coefficient (Wildman–Crippen LogP) is 3.91. The Hall–Kier alpha value is -3.02. The molecule has 0 fully saturated rings. The molecular weight excluding hydrogens is 322 g/mol. The van der Waals surface area contributed by atoms with Gasteiger partial charge in [-0.05, 0) is 45.0 Å². The maximum Gasteiger partial charge on any atom is 0.339 e. The van der Waals surface area contributed by atoms with Crippen molar-refractivity contribution in [3.8, 4) is 0 Å². The summed E-state index contributed by atoms with van der Waals surface area (Å²) in [4.78, 5) is 24.0. The zero-order chi connectivity index (χ0) is 18.4. The third-order valence-corrected chi connectivity index (χ3v) is 3.68. The Morgan fingerprint density at radius 1 is 1.00 bits per heavy atom. The number of hydrogen-bond acceptors (Lipinski definition) is 6. The van der Waals surface area contributed by atoms with Gasteiger partial charge in [-0.1, -0.05) is 0 Å². The summed E-state index contributed by atoms with van der Waals surface area (Å²) in [5.41, 5.74) is 7.29. The number of carbonyl (C=O) groups excluding carboxylic acids is 2. The summed E-state index contributed by atoms with van der Waals surface area (Å²) < 4.78 is 15.9. The summed E-state index contributed by atoms with van der Waals surface area (Å²) in [6.07, 6.45) is 0. The van der Waals surface area contributed by atoms with Gasteiger partial charge in [-0.3, -0.25) is 0 Å². The third kappa shape index (κ3) is 3.15. The SMILES string of the molecule is COC(=O)c1cc2c(cc1N)oc1cc(C(=O)OC(C)(C)C)ccc12. The molecule has 1 aromatic heterocycles. The highest BCUT2D eigenvalue weighted by atomic mass is 16.6. The zero-order valence-corrected chi connectivity index (χ0v) is 14.5. The molecule has 0 aliphatic rings. The lowest BCUT2D eigenvalue weighted by molar-refractivity contribution is 0.00693. The van der Waals surface area contributed by atoms with E-state index in [0.717, 1.165) is 10.8 Å². The van der Waals surface area contributed by atoms with Gasteiger partial charge in [0.15, 0.2) is 0 Å². The molecule has 0 bridgehead atoms. The Kier molecular flexibility index (Phi) is 3.91. The molecule has 6 heteroatoms. The molecule has 0 aliphatic heterocycles. The molecule has 25 heavy (non-hydrogen) atoms. The van der Waals surface area contributed by atoms with E-state index in [0.29, 0.717) is 16.7 Å². The lowest BCUT2D eigenvalue weighted by Gasteiger charge is -2.19. The first-order chi connectivity index (χ1) is 11.7. The molecular formula is C19H19NO5. The van der Waals surface area contributed by atoms with Gasteiger partial charge >= 0.3 is 11.9 Å². The van der Waals surface area contributed by atoms with E-state index in [2.05, 4.69) is 0 Å². The van der Waals surface area contributed by atoms with Gasteiger partial charge in [0.05, 0.1) is 18.2 Å². The second-order valence-electron chi connectivity index (χ2n) is 6.74. The molecule has 0 spiro atoms. The van der Waals surface area contributed by atoms with Gasteiger partial charge < -0.3 is 19.6 Å². The van der Waals surface area contributed by atoms with E-state index >= 15 is 0 Å². The van der Waals surface area contributed by atoms with Crippen molar-refractivity contribution in [1.82, 2.24) is 0 Å². The van der Waals surface area contributed by atoms with Crippen LogP contribution in [0.5, 0.6) is 0 Å². The fourth-order valence-electron chi connectivity index (χ4n) is 2.59. The molecule has 0 aliphatic carbocycles. The second kappa shape index (κ2) is 5.81. The van der Waals surface area contributed by atoms with Gasteiger partial charge in [-0.2, -0.15) is 0 Å². The summed E-state index contributed by atoms with van der Waals surface area (Å²) in [5.74, 6) is -0.941. The predicted molar refractivity (Wildman–Crippen MR) is 94.6 cm³/mol. The maximum atomic E-state index is 12.2. The first-order valence-electron chi connectivity index (χ1n) is 7.77. The number of nitrogen functional groups attached to an aromatic ring is 1. The summed E-state index contributed by atoms with van der Waals surface area (Å²) in [6, 6.07) is 8.26. The van der Waals surface area contributed by atoms with Crippen molar-refractivity contribution < 1.29 is 23.5 Å². The van der Waals surface area contributed by atoms with Crippen LogP contribution in [0.4, 0.5) is 5.69 Å². The number of fused-ring (bicyclic) bond motifs is 3. The summed E-state index contributed by atoms with van der Waals surface area (Å²) in [6.45, 7) is 5.42. The molecule has 0 amide bonds. The van der Waals surface area contributed by atoms with Crippen molar-refractivity contribution in [3.05, 3.63) is 41.5 Å². The first kappa shape index (κ1) is 16.8. The van der Waals surface area contributed by atoms with Crippen LogP contribution in [-0.2, 0) is 9.47 Å². The lowest BCUT2D eigenvalue weighted by Crippen LogP contribution is -2.23. The number of esters is 2. The number of methoxy groups -OCH3 is 1. The molecule has 6 nitrogen and oxygen atoms in total. The molecule has 1 heterocycles. The van der Waals surface area contributed by atoms with E-state index in [1.165, 1.54) is 7.11 Å². The lowest BCUT2D eigenvalue weighted by atomic mass is 10.1. The van der Waals surface area contributed by atoms with Crippen molar-refractivity contribution in [1.29, 1.82) is 0 Å². The average Bonchev–Trinajstić information content (AvgIpc) is 2.87. The Bertz CT molecular complexity index is 994. The van der Waals surface area contributed by atoms with Gasteiger partial charge in [0, 0.05) is 22.5 Å². The van der Waals surface area contributed by atoms with Crippen molar-refractivity contribution in [3.63, 3.8) is 0 Å². The normalized spacial score (nSPS) is 11.7. The quantitative estimate of drug-likeness (QED) is 0.561. The average molecular weight is 341 g/mol. The van der Waals surface area contributed by atoms with Crippen LogP contribution in [0, 0.1) is 0 Å². The van der Waals surface area contributed by atoms with Gasteiger partial charge in [-0.25, -0.2) is 9.59 Å². The number of nitrogens with two attached hydrogens (primary N) is 1. The Balaban J connectivity index is 2.11. The number of hydrogen-bond donors (Lipinski definition) is 1. The number of ether oxygens (including phenoxy) is 2. The number of rotatable bonds is 2. The molecule has 0 radical (unpaired) electrons. The van der Waals surface area contributed by atoms with E-state index in [1.807, 2.05) is 20.8 Å². The minimum Gasteiger partial charge on any atom is -0.465 e. The van der Waals surface area contributed by atoms with Crippen LogP contribution >= 0.6 is 0 Å². The summed E-state index contributed by atoms with van der Waals surface area (Å²) in [7, 11) is 1.30. The number of furan rings is 1. The molecule has 130 valence electrons. The van der Waals surface area contributed by atoms with Gasteiger partial charge in [-0.15, -0.1) is 0 Å². The minimum absolute atomic E-state index is 0.269. The van der Waals surface area contributed by atoms with E-state index in [1.54, 1.807) is 30.3 Å². The van der Waals surface area contributed by atoms with Crippen molar-refractivity contribution >= 4 is 39.6 Å². The smallest absolute Gasteiger partial charge is 0.339 e. The largest absolute Gasteiger partial charge is 0.465 e. The van der Waals surface area contributed by atoms with Crippen LogP contribution in [0.15, 0.2) is 34.7 Å². The van der Waals surface area contributed by atoms with E-state index in [-0.39, 0.29) is 11.3 Å². The molecule has 0 atom stereocenters. The zero-order valence-electron chi connectivity index (χ0n) is 14.5. The van der Waals surface area contributed by atoms with E-state index < -0.39 is 17.5 Å². The number of carbonyl (C=O) groups is 2. The van der Waals surface area contributed by atoms with E-state index in [9.17, 15) is 9.59 Å². The van der Waals surface area contributed by atoms with E-state index in [4.69, 9.17) is 19.6 Å². The Morgan fingerprint density at radius 2 is 1.68 bits per heavy atom. The fourth-order valence-corrected chi connectivity index (χ4v) is 2.59. The second-order valence-corrected chi connectivity index (χ2v) is 6.74. The van der Waals surface area contributed by atoms with Crippen LogP contribution in [0.25, 0.3) is 21.9 Å². The molecule has 2 aromatic carbocycles. The third-order valence-electron chi connectivity index (χ3n) is 3.68. The minimum atomic E-state index is -0.580. The molecule has 0 saturated carbocycles. The number of anilines is 1. The van der Waals surface area contributed by atoms with Gasteiger partial charge in [0.25, 0.3) is 0 Å². The van der Waals surface area contributed by atoms with Crippen molar-refractivity contribution in [2.75, 3.05) is 12.8 Å². The molecule has 2 N–H and O–H groups in total. The van der Waals surface area contributed by atoms with Gasteiger partial charge in [0.1, 0.15) is 16.8 Å². The van der Waals surface area contributed by atoms with Crippen LogP contribution in [-0.4, -0.2) is 24.6 Å². The highest BCUT2D eigenvalue weighted by Crippen LogP contribution is 2.33. The first-order valence-corrected chi connectivity index (χ1v) is 7.77. The van der Waals surface area contributed by atoms with Crippen LogP contribution in [0.3, 0.4) is 0 Å². The molecule has 3 rings (SSSR count). The van der Waals surface area contributed by atoms with Crippen molar-refractivity contribution in [2.24, 2.45) is 0 Å². The summed E-state index contributed by atoms with van der Waals surface area (Å²) >= 11 is 0. The van der Waals surface area contributed by atoms with Crippen molar-refractivity contribution in [2.45, 2.75) is 26.4 Å². The molecule has 0 unspecified atom stereocenters. The fraction of sp³-hybridized carbons (Fsp3) is 0.263. The van der Waals surface area contributed by atoms with Crippen LogP contribution < -0.4 is 5.73 Å². The standard InChI is InChI=1S/C19H19NO5/c1-19(2,3)25-17(21)10-5-6-11-12-8-13(18(22)23-4)14(20)9-16(12)24-15(11)7-10/h5-9H,20H2,1-4H3. The highest BCUT2D eigenvalue weighted by Gasteiger charge is 2.20. The van der Waals surface area contributed by atoms with Gasteiger partial charge in [0.2, 0.25) is 0 Å². The van der Waals surface area contributed by atoms with Crippen LogP contribution in [0.2, 0.25) is 0 Å². The Morgan fingerprint density at radius 3 is 2.32 bits per heavy atom. The number of benzene rings is 2. The summed E-state index contributed by atoms with van der Waals surface area (Å²) in [5, 5.41) is 1.49. The monoisotopic (exact) mass is 341 g/mol. The topological polar surface area (TPSA) is 91.8 Å². The molecule has 3 aromatic rings. The van der Waals surface area contributed by atoms with Crippen LogP contribution in [0.1, 0.15) is 41.5 Å². The molecule has 0 saturated heterocycles. The maximum absolute atomic E-state index is 12.2.